The van der Waals surface area contributed by atoms with Crippen LogP contribution >= 0.6 is 0 Å². The van der Waals surface area contributed by atoms with Crippen LogP contribution < -0.4 is 4.74 Å². The molecule has 0 radical (unpaired) electrons. The van der Waals surface area contributed by atoms with Crippen molar-refractivity contribution < 1.29 is 9.94 Å². The van der Waals surface area contributed by atoms with Crippen molar-refractivity contribution in [2.75, 3.05) is 6.61 Å². The third-order valence-electron chi connectivity index (χ3n) is 2.24. The van der Waals surface area contributed by atoms with Crippen molar-refractivity contribution in [2.24, 2.45) is 5.16 Å². The fourth-order valence-corrected chi connectivity index (χ4v) is 1.28. The Balaban J connectivity index is 2.47. The van der Waals surface area contributed by atoms with E-state index >= 15 is 0 Å². The van der Waals surface area contributed by atoms with Gasteiger partial charge in [0.05, 0.1) is 5.71 Å². The molecule has 0 aliphatic rings. The zero-order valence-corrected chi connectivity index (χ0v) is 9.52. The molecule has 1 N–H and O–H groups in total. The minimum absolute atomic E-state index is 0.523. The molecule has 0 aliphatic heterocycles. The third kappa shape index (κ3) is 4.17. The monoisotopic (exact) mass is 219 g/mol. The third-order valence-corrected chi connectivity index (χ3v) is 2.24. The minimum Gasteiger partial charge on any atom is -0.490 e. The normalized spacial score (nSPS) is 11.2. The summed E-state index contributed by atoms with van der Waals surface area (Å²) in [4.78, 5) is 0. The molecule has 1 aromatic carbocycles. The lowest BCUT2D eigenvalue weighted by molar-refractivity contribution is 0.317. The highest BCUT2D eigenvalue weighted by Crippen LogP contribution is 2.13. The van der Waals surface area contributed by atoms with Gasteiger partial charge in [0, 0.05) is 0 Å². The minimum atomic E-state index is 0.523. The first-order valence-electron chi connectivity index (χ1n) is 5.26. The van der Waals surface area contributed by atoms with Crippen molar-refractivity contribution >= 4 is 5.71 Å². The Morgan fingerprint density at radius 1 is 1.44 bits per heavy atom. The molecule has 0 heterocycles. The summed E-state index contributed by atoms with van der Waals surface area (Å²) < 4.78 is 5.38. The summed E-state index contributed by atoms with van der Waals surface area (Å²) in [5, 5.41) is 11.7. The van der Waals surface area contributed by atoms with Gasteiger partial charge in [0.15, 0.2) is 0 Å². The summed E-state index contributed by atoms with van der Waals surface area (Å²) in [7, 11) is 0. The molecule has 0 saturated heterocycles. The van der Waals surface area contributed by atoms with E-state index in [1.807, 2.05) is 31.2 Å². The lowest BCUT2D eigenvalue weighted by Crippen LogP contribution is -1.96. The molecule has 86 valence electrons. The van der Waals surface area contributed by atoms with Crippen molar-refractivity contribution in [3.8, 4) is 5.75 Å². The zero-order valence-electron chi connectivity index (χ0n) is 9.52. The molecule has 0 amide bonds. The molecule has 0 aromatic heterocycles. The predicted molar refractivity (Wildman–Crippen MR) is 65.4 cm³/mol. The smallest absolute Gasteiger partial charge is 0.119 e. The lowest BCUT2D eigenvalue weighted by Gasteiger charge is -2.04. The van der Waals surface area contributed by atoms with Gasteiger partial charge < -0.3 is 9.94 Å². The first kappa shape index (κ1) is 12.3. The molecular formula is C13H17NO2. The van der Waals surface area contributed by atoms with Crippen LogP contribution in [0.2, 0.25) is 0 Å². The van der Waals surface area contributed by atoms with E-state index < -0.39 is 0 Å². The van der Waals surface area contributed by atoms with E-state index in [2.05, 4.69) is 11.7 Å². The first-order valence-corrected chi connectivity index (χ1v) is 5.26. The molecule has 0 spiro atoms. The Hall–Kier alpha value is -1.77. The SMILES string of the molecule is C=CCOc1ccc(CC/C(C)=N/O)cc1. The van der Waals surface area contributed by atoms with E-state index in [1.165, 1.54) is 5.56 Å². The molecule has 3 nitrogen and oxygen atoms in total. The van der Waals surface area contributed by atoms with Crippen LogP contribution in [0.4, 0.5) is 0 Å². The van der Waals surface area contributed by atoms with Crippen LogP contribution in [0.1, 0.15) is 18.9 Å². The number of benzene rings is 1. The average Bonchev–Trinajstić information content (AvgIpc) is 2.34. The maximum atomic E-state index is 8.51. The van der Waals surface area contributed by atoms with Crippen molar-refractivity contribution in [1.82, 2.24) is 0 Å². The fraction of sp³-hybridized carbons (Fsp3) is 0.308. The van der Waals surface area contributed by atoms with Gasteiger partial charge in [-0.15, -0.1) is 0 Å². The molecule has 0 unspecified atom stereocenters. The Labute approximate surface area is 96.1 Å². The van der Waals surface area contributed by atoms with E-state index in [1.54, 1.807) is 6.08 Å². The van der Waals surface area contributed by atoms with Crippen LogP contribution in [-0.2, 0) is 6.42 Å². The topological polar surface area (TPSA) is 41.8 Å². The number of rotatable bonds is 6. The second kappa shape index (κ2) is 6.67. The molecule has 0 bridgehead atoms. The second-order valence-electron chi connectivity index (χ2n) is 3.58. The Bertz CT molecular complexity index is 355. The van der Waals surface area contributed by atoms with Gasteiger partial charge in [0.2, 0.25) is 0 Å². The van der Waals surface area contributed by atoms with Crippen LogP contribution in [0.25, 0.3) is 0 Å². The van der Waals surface area contributed by atoms with Crippen LogP contribution in [-0.4, -0.2) is 17.5 Å². The van der Waals surface area contributed by atoms with Gasteiger partial charge in [-0.1, -0.05) is 29.9 Å². The van der Waals surface area contributed by atoms with Crippen LogP contribution in [0.5, 0.6) is 5.75 Å². The highest BCUT2D eigenvalue weighted by molar-refractivity contribution is 5.81. The number of oxime groups is 1. The van der Waals surface area contributed by atoms with Gasteiger partial charge in [-0.25, -0.2) is 0 Å². The van der Waals surface area contributed by atoms with Gasteiger partial charge in [-0.05, 0) is 37.5 Å². The number of ether oxygens (including phenoxy) is 1. The maximum absolute atomic E-state index is 8.51. The van der Waals surface area contributed by atoms with Crippen molar-refractivity contribution in [3.05, 3.63) is 42.5 Å². The molecule has 16 heavy (non-hydrogen) atoms. The van der Waals surface area contributed by atoms with Crippen LogP contribution in [0, 0.1) is 0 Å². The van der Waals surface area contributed by atoms with E-state index in [-0.39, 0.29) is 0 Å². The Kier molecular flexibility index (Phi) is 5.12. The standard InChI is InChI=1S/C13H17NO2/c1-3-10-16-13-8-6-12(7-9-13)5-4-11(2)14-15/h3,6-9,15H,1,4-5,10H2,2H3/b14-11+. The van der Waals surface area contributed by atoms with Gasteiger partial charge in [-0.3, -0.25) is 0 Å². The number of hydrogen-bond donors (Lipinski definition) is 1. The van der Waals surface area contributed by atoms with Crippen LogP contribution in [0.3, 0.4) is 0 Å². The van der Waals surface area contributed by atoms with Crippen molar-refractivity contribution in [3.63, 3.8) is 0 Å². The Morgan fingerprint density at radius 3 is 2.69 bits per heavy atom. The molecule has 3 heteroatoms. The van der Waals surface area contributed by atoms with Gasteiger partial charge in [0.25, 0.3) is 0 Å². The fourth-order valence-electron chi connectivity index (χ4n) is 1.28. The van der Waals surface area contributed by atoms with E-state index in [4.69, 9.17) is 9.94 Å². The second-order valence-corrected chi connectivity index (χ2v) is 3.58. The predicted octanol–water partition coefficient (Wildman–Crippen LogP) is 3.03. The summed E-state index contributed by atoms with van der Waals surface area (Å²) in [6.45, 7) is 5.92. The maximum Gasteiger partial charge on any atom is 0.119 e. The first-order chi connectivity index (χ1) is 7.76. The summed E-state index contributed by atoms with van der Waals surface area (Å²) in [5.41, 5.74) is 1.95. The lowest BCUT2D eigenvalue weighted by atomic mass is 10.1. The molecule has 0 aliphatic carbocycles. The van der Waals surface area contributed by atoms with Crippen molar-refractivity contribution in [1.29, 1.82) is 0 Å². The molecule has 1 aromatic rings. The summed E-state index contributed by atoms with van der Waals surface area (Å²) >= 11 is 0. The number of hydrogen-bond acceptors (Lipinski definition) is 3. The van der Waals surface area contributed by atoms with E-state index in [0.29, 0.717) is 6.61 Å². The van der Waals surface area contributed by atoms with E-state index in [0.717, 1.165) is 24.3 Å². The number of aryl methyl sites for hydroxylation is 1. The summed E-state index contributed by atoms with van der Waals surface area (Å²) in [6, 6.07) is 7.90. The molecule has 0 saturated carbocycles. The molecular weight excluding hydrogens is 202 g/mol. The molecule has 0 fully saturated rings. The zero-order chi connectivity index (χ0) is 11.8. The number of nitrogens with zero attached hydrogens (tertiary/aromatic N) is 1. The van der Waals surface area contributed by atoms with Gasteiger partial charge >= 0.3 is 0 Å². The van der Waals surface area contributed by atoms with Crippen LogP contribution in [0.15, 0.2) is 42.1 Å². The average molecular weight is 219 g/mol. The Morgan fingerprint density at radius 2 is 2.12 bits per heavy atom. The molecule has 0 atom stereocenters. The summed E-state index contributed by atoms with van der Waals surface area (Å²) in [6.07, 6.45) is 3.36. The van der Waals surface area contributed by atoms with Gasteiger partial charge in [0.1, 0.15) is 12.4 Å². The highest BCUT2D eigenvalue weighted by Gasteiger charge is 1.97. The van der Waals surface area contributed by atoms with Gasteiger partial charge in [-0.2, -0.15) is 0 Å². The molecule has 1 rings (SSSR count). The highest BCUT2D eigenvalue weighted by atomic mass is 16.5. The summed E-state index contributed by atoms with van der Waals surface area (Å²) in [5.74, 6) is 0.844. The van der Waals surface area contributed by atoms with Crippen molar-refractivity contribution in [2.45, 2.75) is 19.8 Å². The quantitative estimate of drug-likeness (QED) is 0.346. The van der Waals surface area contributed by atoms with E-state index in [9.17, 15) is 0 Å². The largest absolute Gasteiger partial charge is 0.490 e.